The Balaban J connectivity index is 1.95. The van der Waals surface area contributed by atoms with Crippen molar-refractivity contribution in [3.05, 3.63) is 41.2 Å². The molecule has 1 unspecified atom stereocenters. The number of esters is 1. The van der Waals surface area contributed by atoms with Crippen LogP contribution < -0.4 is 10.1 Å². The number of hydrogen-bond acceptors (Lipinski definition) is 5. The highest BCUT2D eigenvalue weighted by Gasteiger charge is 2.33. The van der Waals surface area contributed by atoms with Crippen LogP contribution in [0.4, 0.5) is 18.9 Å². The van der Waals surface area contributed by atoms with Crippen molar-refractivity contribution in [1.29, 1.82) is 0 Å². The van der Waals surface area contributed by atoms with Crippen molar-refractivity contribution in [3.63, 3.8) is 0 Å². The number of alkyl halides is 3. The summed E-state index contributed by atoms with van der Waals surface area (Å²) in [5.74, 6) is -1.24. The van der Waals surface area contributed by atoms with E-state index in [9.17, 15) is 22.8 Å². The van der Waals surface area contributed by atoms with E-state index >= 15 is 0 Å². The van der Waals surface area contributed by atoms with Crippen molar-refractivity contribution >= 4 is 29.2 Å². The van der Waals surface area contributed by atoms with Crippen LogP contribution in [0.5, 0.6) is 5.75 Å². The fraction of sp³-hybridized carbons (Fsp3) is 0.312. The van der Waals surface area contributed by atoms with Gasteiger partial charge in [0.1, 0.15) is 12.3 Å². The minimum Gasteiger partial charge on any atom is -0.495 e. The van der Waals surface area contributed by atoms with E-state index in [1.54, 1.807) is 12.1 Å². The van der Waals surface area contributed by atoms with Crippen LogP contribution in [0.2, 0.25) is 5.02 Å². The Morgan fingerprint density at radius 1 is 1.33 bits per heavy atom. The third kappa shape index (κ3) is 5.61. The van der Waals surface area contributed by atoms with Crippen LogP contribution in [0.15, 0.2) is 30.5 Å². The summed E-state index contributed by atoms with van der Waals surface area (Å²) in [5.41, 5.74) is -0.853. The number of ether oxygens (including phenoxy) is 2. The monoisotopic (exact) mass is 405 g/mol. The summed E-state index contributed by atoms with van der Waals surface area (Å²) in [6.45, 7) is 0.739. The maximum atomic E-state index is 12.5. The lowest BCUT2D eigenvalue weighted by Crippen LogP contribution is -2.31. The lowest BCUT2D eigenvalue weighted by Gasteiger charge is -2.15. The van der Waals surface area contributed by atoms with Gasteiger partial charge in [0.25, 0.3) is 5.91 Å². The first-order valence-corrected chi connectivity index (χ1v) is 7.92. The Bertz CT molecular complexity index is 839. The second-order valence-electron chi connectivity index (χ2n) is 5.36. The number of nitrogens with zero attached hydrogens (tertiary/aromatic N) is 2. The largest absolute Gasteiger partial charge is 0.495 e. The molecule has 0 aliphatic heterocycles. The second kappa shape index (κ2) is 8.30. The van der Waals surface area contributed by atoms with Crippen molar-refractivity contribution in [3.8, 4) is 5.75 Å². The molecular weight excluding hydrogens is 391 g/mol. The molecule has 0 fully saturated rings. The fourth-order valence-electron chi connectivity index (χ4n) is 2.03. The molecule has 1 aromatic heterocycles. The van der Waals surface area contributed by atoms with Crippen LogP contribution in [0.25, 0.3) is 0 Å². The van der Waals surface area contributed by atoms with Gasteiger partial charge in [0.15, 0.2) is 11.8 Å². The molecule has 27 heavy (non-hydrogen) atoms. The van der Waals surface area contributed by atoms with E-state index in [1.807, 2.05) is 0 Å². The molecule has 1 N–H and O–H groups in total. The van der Waals surface area contributed by atoms with Crippen LogP contribution in [-0.4, -0.2) is 34.9 Å². The molecule has 0 aliphatic carbocycles. The summed E-state index contributed by atoms with van der Waals surface area (Å²) in [7, 11) is 1.40. The number of hydrogen-bond donors (Lipinski definition) is 1. The van der Waals surface area contributed by atoms with Gasteiger partial charge in [-0.25, -0.2) is 0 Å². The number of nitrogens with one attached hydrogen (secondary N) is 1. The predicted octanol–water partition coefficient (Wildman–Crippen LogP) is 3.13. The Hall–Kier alpha value is -2.75. The third-order valence-electron chi connectivity index (χ3n) is 3.32. The molecule has 1 aromatic carbocycles. The normalized spacial score (nSPS) is 12.4. The van der Waals surface area contributed by atoms with Crippen molar-refractivity contribution in [2.75, 3.05) is 12.4 Å². The molecule has 0 spiro atoms. The van der Waals surface area contributed by atoms with Crippen molar-refractivity contribution in [2.24, 2.45) is 0 Å². The summed E-state index contributed by atoms with van der Waals surface area (Å²) in [4.78, 5) is 24.0. The zero-order valence-electron chi connectivity index (χ0n) is 14.2. The van der Waals surface area contributed by atoms with Crippen molar-refractivity contribution in [1.82, 2.24) is 9.78 Å². The van der Waals surface area contributed by atoms with Gasteiger partial charge in [0.2, 0.25) is 0 Å². The molecule has 1 amide bonds. The average molecular weight is 406 g/mol. The van der Waals surface area contributed by atoms with E-state index in [-0.39, 0.29) is 5.69 Å². The number of carbonyl (C=O) groups excluding carboxylic acids is 2. The van der Waals surface area contributed by atoms with Gasteiger partial charge in [-0.3, -0.25) is 14.3 Å². The number of aromatic nitrogens is 2. The van der Waals surface area contributed by atoms with Crippen molar-refractivity contribution in [2.45, 2.75) is 25.7 Å². The molecule has 0 bridgehead atoms. The SMILES string of the molecule is COc1ccc(Cl)cc1NC(=O)C(C)OC(=O)Cn1ccc(C(F)(F)F)n1. The zero-order valence-corrected chi connectivity index (χ0v) is 15.0. The van der Waals surface area contributed by atoms with E-state index in [4.69, 9.17) is 21.1 Å². The van der Waals surface area contributed by atoms with E-state index in [1.165, 1.54) is 20.1 Å². The second-order valence-corrected chi connectivity index (χ2v) is 5.80. The summed E-state index contributed by atoms with van der Waals surface area (Å²) < 4.78 is 48.2. The van der Waals surface area contributed by atoms with Crippen molar-refractivity contribution < 1.29 is 32.2 Å². The van der Waals surface area contributed by atoms with Crippen LogP contribution >= 0.6 is 11.6 Å². The number of anilines is 1. The van der Waals surface area contributed by atoms with Gasteiger partial charge in [0.05, 0.1) is 12.8 Å². The van der Waals surface area contributed by atoms with Gasteiger partial charge in [-0.05, 0) is 31.2 Å². The Morgan fingerprint density at radius 3 is 2.63 bits per heavy atom. The molecule has 1 heterocycles. The summed E-state index contributed by atoms with van der Waals surface area (Å²) in [5, 5.41) is 6.09. The molecule has 11 heteroatoms. The van der Waals surface area contributed by atoms with Gasteiger partial charge in [-0.2, -0.15) is 18.3 Å². The van der Waals surface area contributed by atoms with Crippen LogP contribution in [0.3, 0.4) is 0 Å². The smallest absolute Gasteiger partial charge is 0.435 e. The van der Waals surface area contributed by atoms with Crippen LogP contribution in [-0.2, 0) is 27.0 Å². The van der Waals surface area contributed by atoms with E-state index in [2.05, 4.69) is 10.4 Å². The maximum Gasteiger partial charge on any atom is 0.435 e. The van der Waals surface area contributed by atoms with Gasteiger partial charge in [0, 0.05) is 11.2 Å². The van der Waals surface area contributed by atoms with E-state index < -0.39 is 36.4 Å². The lowest BCUT2D eigenvalue weighted by molar-refractivity contribution is -0.154. The average Bonchev–Trinajstić information content (AvgIpc) is 3.03. The van der Waals surface area contributed by atoms with E-state index in [0.29, 0.717) is 10.8 Å². The van der Waals surface area contributed by atoms with Gasteiger partial charge < -0.3 is 14.8 Å². The fourth-order valence-corrected chi connectivity index (χ4v) is 2.21. The topological polar surface area (TPSA) is 82.5 Å². The highest BCUT2D eigenvalue weighted by atomic mass is 35.5. The zero-order chi connectivity index (χ0) is 20.2. The highest BCUT2D eigenvalue weighted by molar-refractivity contribution is 6.31. The first kappa shape index (κ1) is 20.6. The van der Waals surface area contributed by atoms with Gasteiger partial charge in [-0.15, -0.1) is 0 Å². The standard InChI is InChI=1S/C16H15ClF3N3O4/c1-9(15(25)21-11-7-10(17)3-4-12(11)26-2)27-14(24)8-23-6-5-13(22-23)16(18,19)20/h3-7,9H,8H2,1-2H3,(H,21,25). The Morgan fingerprint density at radius 2 is 2.04 bits per heavy atom. The molecule has 0 saturated heterocycles. The molecule has 146 valence electrons. The molecule has 0 aliphatic rings. The molecule has 7 nitrogen and oxygen atoms in total. The summed E-state index contributed by atoms with van der Waals surface area (Å²) in [6.07, 6.45) is -4.83. The lowest BCUT2D eigenvalue weighted by atomic mass is 10.2. The van der Waals surface area contributed by atoms with Crippen LogP contribution in [0, 0.1) is 0 Å². The van der Waals surface area contributed by atoms with Crippen LogP contribution in [0.1, 0.15) is 12.6 Å². The van der Waals surface area contributed by atoms with Gasteiger partial charge in [-0.1, -0.05) is 11.6 Å². The Kier molecular flexibility index (Phi) is 6.32. The first-order chi connectivity index (χ1) is 12.6. The molecular formula is C16H15ClF3N3O4. The Labute approximate surface area is 157 Å². The number of carbonyl (C=O) groups is 2. The molecule has 2 aromatic rings. The highest BCUT2D eigenvalue weighted by Crippen LogP contribution is 2.28. The third-order valence-corrected chi connectivity index (χ3v) is 3.55. The minimum absolute atomic E-state index is 0.278. The summed E-state index contributed by atoms with van der Waals surface area (Å²) >= 11 is 5.86. The molecule has 1 atom stereocenters. The molecule has 0 radical (unpaired) electrons. The summed E-state index contributed by atoms with van der Waals surface area (Å²) in [6, 6.07) is 5.30. The van der Waals surface area contributed by atoms with E-state index in [0.717, 1.165) is 16.9 Å². The molecule has 2 rings (SSSR count). The molecule has 0 saturated carbocycles. The maximum absolute atomic E-state index is 12.5. The number of halogens is 4. The quantitative estimate of drug-likeness (QED) is 0.747. The van der Waals surface area contributed by atoms with Gasteiger partial charge >= 0.3 is 12.1 Å². The number of amides is 1. The number of rotatable bonds is 6. The number of benzene rings is 1. The minimum atomic E-state index is -4.61. The first-order valence-electron chi connectivity index (χ1n) is 7.54. The predicted molar refractivity (Wildman–Crippen MR) is 89.4 cm³/mol. The number of methoxy groups -OCH3 is 1.